The SMILES string of the molecule is CCCCCCCCOC[C@H](COP(=O)([O-])OCC[N+](C)(C)C)OC(=O)NC. The van der Waals surface area contributed by atoms with Crippen LogP contribution in [-0.2, 0) is 23.1 Å². The number of rotatable bonds is 17. The quantitative estimate of drug-likeness (QED) is 0.216. The number of ether oxygens (including phenoxy) is 2. The Morgan fingerprint density at radius 3 is 2.29 bits per heavy atom. The van der Waals surface area contributed by atoms with Crippen molar-refractivity contribution >= 4 is 13.9 Å². The minimum absolute atomic E-state index is 0.0137. The molecular weight excluding hydrogens is 387 g/mol. The fraction of sp³-hybridized carbons (Fsp3) is 0.944. The number of hydrogen-bond acceptors (Lipinski definition) is 7. The maximum atomic E-state index is 11.9. The van der Waals surface area contributed by atoms with Gasteiger partial charge in [0, 0.05) is 13.7 Å². The summed E-state index contributed by atoms with van der Waals surface area (Å²) in [7, 11) is 2.72. The highest BCUT2D eigenvalue weighted by atomic mass is 31.2. The van der Waals surface area contributed by atoms with Crippen LogP contribution < -0.4 is 10.2 Å². The highest BCUT2D eigenvalue weighted by molar-refractivity contribution is 7.45. The highest BCUT2D eigenvalue weighted by Gasteiger charge is 2.19. The zero-order chi connectivity index (χ0) is 21.5. The van der Waals surface area contributed by atoms with Gasteiger partial charge in [-0.2, -0.15) is 0 Å². The van der Waals surface area contributed by atoms with Gasteiger partial charge in [0.05, 0.1) is 34.4 Å². The summed E-state index contributed by atoms with van der Waals surface area (Å²) < 4.78 is 32.7. The van der Waals surface area contributed by atoms with Crippen molar-refractivity contribution in [1.82, 2.24) is 5.32 Å². The molecule has 0 fully saturated rings. The lowest BCUT2D eigenvalue weighted by molar-refractivity contribution is -0.870. The molecule has 0 rings (SSSR count). The van der Waals surface area contributed by atoms with Crippen molar-refractivity contribution in [2.45, 2.75) is 51.6 Å². The molecule has 1 N–H and O–H groups in total. The Kier molecular flexibility index (Phi) is 14.8. The van der Waals surface area contributed by atoms with Gasteiger partial charge < -0.3 is 33.2 Å². The normalized spacial score (nSPS) is 15.1. The van der Waals surface area contributed by atoms with Gasteiger partial charge >= 0.3 is 6.09 Å². The van der Waals surface area contributed by atoms with E-state index in [4.69, 9.17) is 18.5 Å². The molecule has 0 spiro atoms. The fourth-order valence-corrected chi connectivity index (χ4v) is 2.89. The van der Waals surface area contributed by atoms with Crippen LogP contribution in [0.4, 0.5) is 4.79 Å². The Bertz CT molecular complexity index is 458. The van der Waals surface area contributed by atoms with Crippen molar-refractivity contribution < 1.29 is 37.3 Å². The first-order valence-corrected chi connectivity index (χ1v) is 11.4. The van der Waals surface area contributed by atoms with Crippen LogP contribution >= 0.6 is 7.82 Å². The van der Waals surface area contributed by atoms with Gasteiger partial charge in [0.1, 0.15) is 13.2 Å². The lowest BCUT2D eigenvalue weighted by Crippen LogP contribution is -2.37. The molecule has 0 aromatic rings. The monoisotopic (exact) mass is 426 g/mol. The number of unbranched alkanes of at least 4 members (excludes halogenated alkanes) is 5. The minimum Gasteiger partial charge on any atom is -0.756 e. The Hall–Kier alpha value is -0.700. The smallest absolute Gasteiger partial charge is 0.407 e. The molecule has 0 aromatic heterocycles. The van der Waals surface area contributed by atoms with Crippen molar-refractivity contribution in [2.75, 3.05) is 61.2 Å². The molecule has 9 nitrogen and oxygen atoms in total. The lowest BCUT2D eigenvalue weighted by Gasteiger charge is -2.28. The van der Waals surface area contributed by atoms with E-state index in [1.54, 1.807) is 0 Å². The van der Waals surface area contributed by atoms with Crippen molar-refractivity contribution in [3.05, 3.63) is 0 Å². The van der Waals surface area contributed by atoms with Crippen molar-refractivity contribution in [1.29, 1.82) is 0 Å². The molecule has 28 heavy (non-hydrogen) atoms. The van der Waals surface area contributed by atoms with Gasteiger partial charge in [0.2, 0.25) is 0 Å². The summed E-state index contributed by atoms with van der Waals surface area (Å²) in [6.45, 7) is 2.92. The molecule has 0 aromatic carbocycles. The van der Waals surface area contributed by atoms with E-state index >= 15 is 0 Å². The summed E-state index contributed by atoms with van der Waals surface area (Å²) >= 11 is 0. The number of quaternary nitrogens is 1. The van der Waals surface area contributed by atoms with Crippen LogP contribution in [0.3, 0.4) is 0 Å². The Labute approximate surface area is 169 Å². The Balaban J connectivity index is 4.22. The third kappa shape index (κ3) is 17.4. The van der Waals surface area contributed by atoms with E-state index in [1.165, 1.54) is 32.7 Å². The van der Waals surface area contributed by atoms with Crippen LogP contribution in [0.15, 0.2) is 0 Å². The second-order valence-electron chi connectivity index (χ2n) is 7.71. The number of carbonyl (C=O) groups excluding carboxylic acids is 1. The number of alkyl carbamates (subject to hydrolysis) is 1. The Morgan fingerprint density at radius 2 is 1.68 bits per heavy atom. The number of nitrogens with one attached hydrogen (secondary N) is 1. The van der Waals surface area contributed by atoms with Gasteiger partial charge in [-0.25, -0.2) is 4.79 Å². The standard InChI is InChI=1S/C18H39N2O7P/c1-6-7-8-9-10-11-13-24-15-17(27-18(21)19-2)16-26-28(22,23)25-14-12-20(3,4)5/h17H,6-16H2,1-5H3,(H-,19,21,22,23)/t17-/m1/s1. The maximum Gasteiger partial charge on any atom is 0.407 e. The van der Waals surface area contributed by atoms with E-state index in [1.807, 2.05) is 21.1 Å². The molecule has 1 amide bonds. The van der Waals surface area contributed by atoms with Crippen LogP contribution in [0.25, 0.3) is 0 Å². The molecule has 168 valence electrons. The molecule has 0 saturated carbocycles. The molecule has 0 radical (unpaired) electrons. The molecule has 0 bridgehead atoms. The Morgan fingerprint density at radius 1 is 1.04 bits per heavy atom. The lowest BCUT2D eigenvalue weighted by atomic mass is 10.1. The van der Waals surface area contributed by atoms with Gasteiger partial charge in [-0.05, 0) is 6.42 Å². The van der Waals surface area contributed by atoms with Crippen LogP contribution in [0.1, 0.15) is 45.4 Å². The molecule has 1 unspecified atom stereocenters. The molecule has 0 aliphatic heterocycles. The maximum absolute atomic E-state index is 11.9. The average molecular weight is 426 g/mol. The predicted molar refractivity (Wildman–Crippen MR) is 106 cm³/mol. The zero-order valence-corrected chi connectivity index (χ0v) is 19.0. The summed E-state index contributed by atoms with van der Waals surface area (Å²) in [6.07, 6.45) is 5.30. The van der Waals surface area contributed by atoms with Crippen LogP contribution in [0.5, 0.6) is 0 Å². The number of amides is 1. The van der Waals surface area contributed by atoms with Crippen LogP contribution in [-0.4, -0.2) is 77.8 Å². The molecular formula is C18H39N2O7P. The van der Waals surface area contributed by atoms with Crippen molar-refractivity contribution in [3.8, 4) is 0 Å². The summed E-state index contributed by atoms with van der Waals surface area (Å²) in [4.78, 5) is 23.3. The fourth-order valence-electron chi connectivity index (χ4n) is 2.16. The minimum atomic E-state index is -4.47. The van der Waals surface area contributed by atoms with E-state index in [2.05, 4.69) is 12.2 Å². The van der Waals surface area contributed by atoms with Crippen LogP contribution in [0, 0.1) is 0 Å². The largest absolute Gasteiger partial charge is 0.756 e. The molecule has 0 aliphatic rings. The van der Waals surface area contributed by atoms with Gasteiger partial charge in [-0.1, -0.05) is 39.0 Å². The summed E-state index contributed by atoms with van der Waals surface area (Å²) in [5.74, 6) is 0. The summed E-state index contributed by atoms with van der Waals surface area (Å²) in [5, 5.41) is 2.32. The number of likely N-dealkylation sites (N-methyl/N-ethyl adjacent to an activating group) is 1. The number of hydrogen-bond donors (Lipinski definition) is 1. The predicted octanol–water partition coefficient (Wildman–Crippen LogP) is 2.30. The van der Waals surface area contributed by atoms with Crippen molar-refractivity contribution in [2.24, 2.45) is 0 Å². The van der Waals surface area contributed by atoms with Gasteiger partial charge in [-0.15, -0.1) is 0 Å². The van der Waals surface area contributed by atoms with Gasteiger partial charge in [0.15, 0.2) is 6.10 Å². The molecule has 0 heterocycles. The second kappa shape index (κ2) is 15.2. The number of phosphoric acid groups is 1. The summed E-state index contributed by atoms with van der Waals surface area (Å²) in [5.41, 5.74) is 0. The van der Waals surface area contributed by atoms with Crippen molar-refractivity contribution in [3.63, 3.8) is 0 Å². The summed E-state index contributed by atoms with van der Waals surface area (Å²) in [6, 6.07) is 0. The molecule has 2 atom stereocenters. The van der Waals surface area contributed by atoms with E-state index in [-0.39, 0.29) is 19.8 Å². The molecule has 0 saturated heterocycles. The topological polar surface area (TPSA) is 106 Å². The van der Waals surface area contributed by atoms with Gasteiger partial charge in [-0.3, -0.25) is 4.57 Å². The first-order chi connectivity index (χ1) is 13.1. The number of nitrogens with zero attached hydrogens (tertiary/aromatic N) is 1. The molecule has 0 aliphatic carbocycles. The average Bonchev–Trinajstić information content (AvgIpc) is 2.60. The third-order valence-corrected chi connectivity index (χ3v) is 4.82. The van der Waals surface area contributed by atoms with Crippen LogP contribution in [0.2, 0.25) is 0 Å². The van der Waals surface area contributed by atoms with E-state index in [0.717, 1.165) is 12.8 Å². The van der Waals surface area contributed by atoms with Gasteiger partial charge in [0.25, 0.3) is 7.82 Å². The third-order valence-electron chi connectivity index (χ3n) is 3.85. The molecule has 10 heteroatoms. The van der Waals surface area contributed by atoms with E-state index < -0.39 is 20.0 Å². The zero-order valence-electron chi connectivity index (χ0n) is 18.1. The number of carbonyl (C=O) groups is 1. The first kappa shape index (κ1) is 27.3. The second-order valence-corrected chi connectivity index (χ2v) is 9.12. The number of phosphoric ester groups is 1. The highest BCUT2D eigenvalue weighted by Crippen LogP contribution is 2.38. The first-order valence-electron chi connectivity index (χ1n) is 9.96. The van der Waals surface area contributed by atoms with E-state index in [9.17, 15) is 14.3 Å². The van der Waals surface area contributed by atoms with E-state index in [0.29, 0.717) is 17.6 Å².